The molecule has 0 N–H and O–H groups in total. The van der Waals surface area contributed by atoms with Crippen LogP contribution in [0.1, 0.15) is 45.4 Å². The van der Waals surface area contributed by atoms with Gasteiger partial charge in [-0.3, -0.25) is 9.59 Å². The van der Waals surface area contributed by atoms with Gasteiger partial charge in [-0.1, -0.05) is 19.4 Å². The third kappa shape index (κ3) is 4.36. The molecule has 0 bridgehead atoms. The summed E-state index contributed by atoms with van der Waals surface area (Å²) in [5.74, 6) is -4.20. The van der Waals surface area contributed by atoms with Crippen LogP contribution in [0.4, 0.5) is 8.78 Å². The van der Waals surface area contributed by atoms with E-state index in [-0.39, 0.29) is 24.5 Å². The molecule has 0 aromatic rings. The van der Waals surface area contributed by atoms with Crippen molar-refractivity contribution in [3.05, 3.63) is 12.2 Å². The molecule has 2 nitrogen and oxygen atoms in total. The number of hydrogen-bond donors (Lipinski definition) is 0. The van der Waals surface area contributed by atoms with E-state index in [1.807, 2.05) is 6.92 Å². The van der Waals surface area contributed by atoms with Gasteiger partial charge in [-0.15, -0.1) is 0 Å². The minimum Gasteiger partial charge on any atom is -0.295 e. The van der Waals surface area contributed by atoms with Crippen LogP contribution in [-0.2, 0) is 9.59 Å². The molecule has 4 heteroatoms. The summed E-state index contributed by atoms with van der Waals surface area (Å²) >= 11 is 0. The summed E-state index contributed by atoms with van der Waals surface area (Å²) < 4.78 is 26.6. The van der Waals surface area contributed by atoms with E-state index >= 15 is 0 Å². The summed E-state index contributed by atoms with van der Waals surface area (Å²) in [5, 5.41) is 0. The lowest BCUT2D eigenvalue weighted by Crippen LogP contribution is -2.28. The molecule has 0 aliphatic heterocycles. The van der Waals surface area contributed by atoms with Crippen molar-refractivity contribution < 1.29 is 18.4 Å². The fourth-order valence-corrected chi connectivity index (χ4v) is 1.87. The highest BCUT2D eigenvalue weighted by Crippen LogP contribution is 2.27. The Morgan fingerprint density at radius 3 is 2.76 bits per heavy atom. The Bertz CT molecular complexity index is 321. The van der Waals surface area contributed by atoms with Crippen LogP contribution in [0.5, 0.6) is 0 Å². The first-order valence-electron chi connectivity index (χ1n) is 6.08. The van der Waals surface area contributed by atoms with E-state index < -0.39 is 11.7 Å². The molecular formula is C13H18F2O2. The van der Waals surface area contributed by atoms with Gasteiger partial charge in [-0.05, 0) is 24.8 Å². The smallest absolute Gasteiger partial charge is 0.295 e. The second kappa shape index (κ2) is 6.03. The molecule has 0 heterocycles. The number of unbranched alkanes of at least 4 members (excludes halogenated alkanes) is 1. The van der Waals surface area contributed by atoms with Crippen molar-refractivity contribution in [1.82, 2.24) is 0 Å². The van der Waals surface area contributed by atoms with Crippen molar-refractivity contribution in [1.29, 1.82) is 0 Å². The molecule has 0 saturated carbocycles. The summed E-state index contributed by atoms with van der Waals surface area (Å²) in [6.07, 6.45) is 4.39. The van der Waals surface area contributed by atoms with Gasteiger partial charge in [0.25, 0.3) is 0 Å². The molecule has 0 aromatic heterocycles. The molecule has 0 radical (unpaired) electrons. The van der Waals surface area contributed by atoms with Crippen LogP contribution in [-0.4, -0.2) is 17.5 Å². The van der Waals surface area contributed by atoms with Crippen molar-refractivity contribution in [2.45, 2.75) is 51.4 Å². The van der Waals surface area contributed by atoms with Gasteiger partial charge >= 0.3 is 5.92 Å². The van der Waals surface area contributed by atoms with E-state index in [2.05, 4.69) is 0 Å². The zero-order chi connectivity index (χ0) is 12.9. The number of Topliss-reactive ketones (excluding diaryl/α,β-unsaturated/α-hetero) is 1. The van der Waals surface area contributed by atoms with Gasteiger partial charge in [0.2, 0.25) is 5.78 Å². The molecule has 0 saturated heterocycles. The zero-order valence-corrected chi connectivity index (χ0v) is 10.0. The first-order chi connectivity index (χ1) is 7.95. The van der Waals surface area contributed by atoms with Crippen molar-refractivity contribution >= 4 is 11.6 Å². The van der Waals surface area contributed by atoms with Crippen LogP contribution >= 0.6 is 0 Å². The average Bonchev–Trinajstić information content (AvgIpc) is 2.69. The van der Waals surface area contributed by atoms with Crippen LogP contribution < -0.4 is 0 Å². The fourth-order valence-electron chi connectivity index (χ4n) is 1.87. The van der Waals surface area contributed by atoms with Crippen molar-refractivity contribution in [2.75, 3.05) is 0 Å². The molecule has 0 fully saturated rings. The zero-order valence-electron chi connectivity index (χ0n) is 10.0. The summed E-state index contributed by atoms with van der Waals surface area (Å²) in [7, 11) is 0. The maximum Gasteiger partial charge on any atom is 0.305 e. The Morgan fingerprint density at radius 2 is 2.24 bits per heavy atom. The van der Waals surface area contributed by atoms with Crippen LogP contribution in [0.3, 0.4) is 0 Å². The number of hydrogen-bond acceptors (Lipinski definition) is 2. The molecule has 96 valence electrons. The summed E-state index contributed by atoms with van der Waals surface area (Å²) in [6.45, 7) is 1.81. The van der Waals surface area contributed by atoms with Gasteiger partial charge in [0, 0.05) is 19.3 Å². The molecule has 1 aliphatic rings. The number of alkyl halides is 2. The number of halogens is 2. The van der Waals surface area contributed by atoms with E-state index in [0.717, 1.165) is 0 Å². The minimum atomic E-state index is -3.19. The highest BCUT2D eigenvalue weighted by Gasteiger charge is 2.37. The van der Waals surface area contributed by atoms with Crippen LogP contribution in [0.15, 0.2) is 12.2 Å². The molecule has 0 aromatic carbocycles. The van der Waals surface area contributed by atoms with Gasteiger partial charge in [0.1, 0.15) is 0 Å². The van der Waals surface area contributed by atoms with E-state index in [1.165, 1.54) is 6.08 Å². The molecule has 17 heavy (non-hydrogen) atoms. The Balaban J connectivity index is 2.33. The Morgan fingerprint density at radius 1 is 1.53 bits per heavy atom. The fraction of sp³-hybridized carbons (Fsp3) is 0.692. The number of ketones is 2. The van der Waals surface area contributed by atoms with Crippen LogP contribution in [0.2, 0.25) is 0 Å². The molecule has 1 aliphatic carbocycles. The molecule has 0 amide bonds. The predicted octanol–water partition coefficient (Wildman–Crippen LogP) is 3.31. The second-order valence-electron chi connectivity index (χ2n) is 4.56. The largest absolute Gasteiger partial charge is 0.305 e. The predicted molar refractivity (Wildman–Crippen MR) is 61.0 cm³/mol. The summed E-state index contributed by atoms with van der Waals surface area (Å²) in [4.78, 5) is 22.3. The first-order valence-corrected chi connectivity index (χ1v) is 6.08. The molecular weight excluding hydrogens is 226 g/mol. The number of allylic oxidation sites excluding steroid dienone is 2. The van der Waals surface area contributed by atoms with Gasteiger partial charge in [0.05, 0.1) is 0 Å². The van der Waals surface area contributed by atoms with Gasteiger partial charge in [-0.2, -0.15) is 8.78 Å². The van der Waals surface area contributed by atoms with Gasteiger partial charge in [0.15, 0.2) is 5.78 Å². The standard InChI is InChI=1S/C13H18F2O2/c1-2-3-8-13(14,15)12(17)7-5-10-4-6-11(16)9-10/h4,6,10H,2-3,5,7-9H2,1H3/t10-/m1/s1. The maximum absolute atomic E-state index is 13.3. The van der Waals surface area contributed by atoms with Gasteiger partial charge in [-0.25, -0.2) is 0 Å². The SMILES string of the molecule is CCCCC(F)(F)C(=O)CC[C@H]1C=CC(=O)C1. The Labute approximate surface area is 100 Å². The van der Waals surface area contributed by atoms with Crippen LogP contribution in [0, 0.1) is 5.92 Å². The Kier molecular flexibility index (Phi) is 4.97. The lowest BCUT2D eigenvalue weighted by Gasteiger charge is -2.15. The minimum absolute atomic E-state index is 0.0141. The highest BCUT2D eigenvalue weighted by molar-refractivity contribution is 5.92. The summed E-state index contributed by atoms with van der Waals surface area (Å²) in [5.41, 5.74) is 0. The van der Waals surface area contributed by atoms with E-state index in [9.17, 15) is 18.4 Å². The van der Waals surface area contributed by atoms with E-state index in [1.54, 1.807) is 6.08 Å². The van der Waals surface area contributed by atoms with Crippen LogP contribution in [0.25, 0.3) is 0 Å². The van der Waals surface area contributed by atoms with Crippen molar-refractivity contribution in [3.8, 4) is 0 Å². The molecule has 1 atom stereocenters. The third-order valence-corrected chi connectivity index (χ3v) is 3.01. The third-order valence-electron chi connectivity index (χ3n) is 3.01. The monoisotopic (exact) mass is 244 g/mol. The molecule has 1 rings (SSSR count). The molecule has 0 unspecified atom stereocenters. The van der Waals surface area contributed by atoms with E-state index in [0.29, 0.717) is 25.7 Å². The lowest BCUT2D eigenvalue weighted by molar-refractivity contribution is -0.144. The quantitative estimate of drug-likeness (QED) is 0.688. The van der Waals surface area contributed by atoms with Crippen molar-refractivity contribution in [2.24, 2.45) is 5.92 Å². The maximum atomic E-state index is 13.3. The summed E-state index contributed by atoms with van der Waals surface area (Å²) in [6, 6.07) is 0. The highest BCUT2D eigenvalue weighted by atomic mass is 19.3. The average molecular weight is 244 g/mol. The van der Waals surface area contributed by atoms with Crippen molar-refractivity contribution in [3.63, 3.8) is 0 Å². The lowest BCUT2D eigenvalue weighted by atomic mass is 9.97. The normalized spacial score (nSPS) is 19.9. The first kappa shape index (κ1) is 14.0. The number of rotatable bonds is 7. The van der Waals surface area contributed by atoms with E-state index in [4.69, 9.17) is 0 Å². The van der Waals surface area contributed by atoms with Gasteiger partial charge < -0.3 is 0 Å². The second-order valence-corrected chi connectivity index (χ2v) is 4.56. The number of carbonyl (C=O) groups is 2. The Hall–Kier alpha value is -1.06. The topological polar surface area (TPSA) is 34.1 Å². The number of carbonyl (C=O) groups excluding carboxylic acids is 2. The molecule has 0 spiro atoms.